The molecule has 6 atom stereocenters. The van der Waals surface area contributed by atoms with Crippen LogP contribution in [0.4, 0.5) is 5.82 Å². The van der Waals surface area contributed by atoms with Crippen molar-refractivity contribution in [3.63, 3.8) is 0 Å². The third-order valence-corrected chi connectivity index (χ3v) is 7.44. The van der Waals surface area contributed by atoms with Gasteiger partial charge >= 0.3 is 23.5 Å². The summed E-state index contributed by atoms with van der Waals surface area (Å²) in [4.78, 5) is 39.4. The summed E-state index contributed by atoms with van der Waals surface area (Å²) in [6, 6.07) is 1.22. The van der Waals surface area contributed by atoms with Gasteiger partial charge in [-0.25, -0.2) is 18.7 Å². The molecular formula is C10H14N3O13P3S. The number of ether oxygens (including phenoxy) is 1. The van der Waals surface area contributed by atoms with Crippen LogP contribution in [0.5, 0.6) is 0 Å². The van der Waals surface area contributed by atoms with Gasteiger partial charge in [-0.2, -0.15) is 8.62 Å². The summed E-state index contributed by atoms with van der Waals surface area (Å²) in [7, 11) is -17.1. The van der Waals surface area contributed by atoms with Crippen LogP contribution in [0.15, 0.2) is 12.3 Å². The highest BCUT2D eigenvalue weighted by Crippen LogP contribution is 2.67. The van der Waals surface area contributed by atoms with Crippen molar-refractivity contribution < 1.29 is 61.4 Å². The summed E-state index contributed by atoms with van der Waals surface area (Å²) in [5.74, 6) is 1.80. The minimum atomic E-state index is -5.82. The number of nitrogens with zero attached hydrogens (tertiary/aromatic N) is 2. The van der Waals surface area contributed by atoms with Crippen LogP contribution in [0, 0.1) is 17.1 Å². The van der Waals surface area contributed by atoms with Crippen LogP contribution in [0.3, 0.4) is 0 Å². The standard InChI is InChI=1S/C10H14N3O13P3S/c1-2-10(15)6(14)7(23-8(10)13-4-3-5(11)12-9(13)30)24-28(19,20)26-29(21,22)25-27(16,17)18/h1,3-4,6-8,14-15H,(H,19,20)(H,21,22)(H2,11,12,30)(H2,16,17,18)/t6-,7+,8+,10?/m0/s1. The van der Waals surface area contributed by atoms with Crippen molar-refractivity contribution in [3.8, 4) is 12.3 Å². The zero-order chi connectivity index (χ0) is 23.1. The molecular weight excluding hydrogens is 495 g/mol. The molecule has 0 radical (unpaired) electrons. The average Bonchev–Trinajstić information content (AvgIpc) is 2.76. The maximum absolute atomic E-state index is 11.9. The first-order chi connectivity index (χ1) is 13.5. The predicted octanol–water partition coefficient (Wildman–Crippen LogP) is -0.882. The van der Waals surface area contributed by atoms with E-state index in [0.29, 0.717) is 0 Å². The van der Waals surface area contributed by atoms with Crippen molar-refractivity contribution in [1.29, 1.82) is 0 Å². The topological polar surface area (TPSA) is 253 Å². The Morgan fingerprint density at radius 1 is 1.27 bits per heavy atom. The second-order valence-electron chi connectivity index (χ2n) is 5.51. The number of aliphatic hydroxyl groups excluding tert-OH is 1. The lowest BCUT2D eigenvalue weighted by Crippen LogP contribution is -2.45. The van der Waals surface area contributed by atoms with Crippen molar-refractivity contribution in [2.75, 3.05) is 5.73 Å². The molecule has 168 valence electrons. The predicted molar refractivity (Wildman–Crippen MR) is 96.1 cm³/mol. The number of aromatic nitrogens is 2. The quantitative estimate of drug-likeness (QED) is 0.134. The van der Waals surface area contributed by atoms with E-state index >= 15 is 0 Å². The number of anilines is 1. The van der Waals surface area contributed by atoms with Gasteiger partial charge < -0.3 is 40.3 Å². The maximum Gasteiger partial charge on any atom is 0.490 e. The number of rotatable bonds is 7. The van der Waals surface area contributed by atoms with Gasteiger partial charge in [-0.1, -0.05) is 5.92 Å². The van der Waals surface area contributed by atoms with Gasteiger partial charge in [-0.05, 0) is 18.3 Å². The van der Waals surface area contributed by atoms with E-state index in [1.807, 2.05) is 0 Å². The first-order valence-corrected chi connectivity index (χ1v) is 12.1. The molecule has 1 fully saturated rings. The molecule has 0 saturated carbocycles. The highest BCUT2D eigenvalue weighted by atomic mass is 32.1. The van der Waals surface area contributed by atoms with Crippen LogP contribution in [0.2, 0.25) is 0 Å². The number of hydrogen-bond donors (Lipinski definition) is 7. The number of nitrogen functional groups attached to an aromatic ring is 1. The van der Waals surface area contributed by atoms with Crippen LogP contribution in [0.1, 0.15) is 6.23 Å². The Hall–Kier alpha value is -1.05. The molecule has 1 aliphatic heterocycles. The molecule has 1 aliphatic rings. The third-order valence-electron chi connectivity index (χ3n) is 3.34. The van der Waals surface area contributed by atoms with Crippen LogP contribution in [-0.4, -0.2) is 57.3 Å². The molecule has 1 aromatic heterocycles. The smallest absolute Gasteiger partial charge is 0.384 e. The fraction of sp³-hybridized carbons (Fsp3) is 0.400. The number of phosphoric acid groups is 3. The summed E-state index contributed by atoms with van der Waals surface area (Å²) in [5.41, 5.74) is 2.83. The Kier molecular flexibility index (Phi) is 7.12. The Morgan fingerprint density at radius 3 is 2.37 bits per heavy atom. The fourth-order valence-corrected chi connectivity index (χ4v) is 5.56. The van der Waals surface area contributed by atoms with Gasteiger partial charge in [0.05, 0.1) is 0 Å². The van der Waals surface area contributed by atoms with E-state index in [1.165, 1.54) is 6.07 Å². The molecule has 8 N–H and O–H groups in total. The SMILES string of the molecule is C#CC1(O)[C@@H](O)[C@@H](OP(=O)(O)OP(=O)(O)OP(=O)(O)O)O[C@H]1n1ccc(N)nc1=S. The molecule has 3 unspecified atom stereocenters. The van der Waals surface area contributed by atoms with E-state index in [4.69, 9.17) is 43.8 Å². The molecule has 1 aromatic rings. The van der Waals surface area contributed by atoms with Gasteiger partial charge in [-0.15, -0.1) is 6.42 Å². The first-order valence-electron chi connectivity index (χ1n) is 7.20. The summed E-state index contributed by atoms with van der Waals surface area (Å²) >= 11 is 4.94. The normalized spacial score (nSPS) is 30.9. The molecule has 0 aromatic carbocycles. The molecule has 0 amide bonds. The Morgan fingerprint density at radius 2 is 1.87 bits per heavy atom. The second kappa shape index (κ2) is 8.47. The lowest BCUT2D eigenvalue weighted by Gasteiger charge is -2.26. The summed E-state index contributed by atoms with van der Waals surface area (Å²) in [5, 5.41) is 20.8. The van der Waals surface area contributed by atoms with Gasteiger partial charge in [0, 0.05) is 6.20 Å². The highest BCUT2D eigenvalue weighted by Gasteiger charge is 2.58. The van der Waals surface area contributed by atoms with E-state index in [1.54, 1.807) is 5.92 Å². The molecule has 16 nitrogen and oxygen atoms in total. The number of hydrogen-bond acceptors (Lipinski definition) is 12. The Bertz CT molecular complexity index is 1070. The molecule has 0 spiro atoms. The van der Waals surface area contributed by atoms with Crippen molar-refractivity contribution >= 4 is 41.5 Å². The summed E-state index contributed by atoms with van der Waals surface area (Å²) in [6.45, 7) is 0. The lowest BCUT2D eigenvalue weighted by molar-refractivity contribution is -0.135. The number of aliphatic hydroxyl groups is 2. The number of nitrogens with two attached hydrogens (primary N) is 1. The molecule has 2 heterocycles. The molecule has 0 bridgehead atoms. The fourth-order valence-electron chi connectivity index (χ4n) is 2.21. The van der Waals surface area contributed by atoms with Gasteiger partial charge in [-0.3, -0.25) is 9.09 Å². The molecule has 1 saturated heterocycles. The van der Waals surface area contributed by atoms with Gasteiger partial charge in [0.1, 0.15) is 11.9 Å². The van der Waals surface area contributed by atoms with E-state index in [-0.39, 0.29) is 10.6 Å². The minimum Gasteiger partial charge on any atom is -0.384 e. The number of terminal acetylenes is 1. The van der Waals surface area contributed by atoms with E-state index < -0.39 is 47.7 Å². The van der Waals surface area contributed by atoms with E-state index in [9.17, 15) is 28.8 Å². The minimum absolute atomic E-state index is 0.0103. The first kappa shape index (κ1) is 25.2. The Labute approximate surface area is 172 Å². The van der Waals surface area contributed by atoms with Crippen molar-refractivity contribution in [3.05, 3.63) is 17.0 Å². The largest absolute Gasteiger partial charge is 0.490 e. The monoisotopic (exact) mass is 509 g/mol. The Balaban J connectivity index is 2.30. The molecule has 0 aliphatic carbocycles. The van der Waals surface area contributed by atoms with Crippen LogP contribution in [-0.2, 0) is 31.6 Å². The van der Waals surface area contributed by atoms with Crippen LogP contribution < -0.4 is 5.73 Å². The third kappa shape index (κ3) is 5.80. The van der Waals surface area contributed by atoms with E-state index in [0.717, 1.165) is 10.8 Å². The van der Waals surface area contributed by atoms with Crippen molar-refractivity contribution in [1.82, 2.24) is 9.55 Å². The average molecular weight is 509 g/mol. The van der Waals surface area contributed by atoms with Crippen molar-refractivity contribution in [2.24, 2.45) is 0 Å². The molecule has 2 rings (SSSR count). The maximum atomic E-state index is 11.9. The van der Waals surface area contributed by atoms with Crippen LogP contribution >= 0.6 is 35.7 Å². The molecule has 30 heavy (non-hydrogen) atoms. The van der Waals surface area contributed by atoms with Crippen molar-refractivity contribution in [2.45, 2.75) is 24.2 Å². The van der Waals surface area contributed by atoms with Crippen LogP contribution in [0.25, 0.3) is 0 Å². The zero-order valence-corrected chi connectivity index (χ0v) is 17.7. The highest BCUT2D eigenvalue weighted by molar-refractivity contribution is 7.71. The van der Waals surface area contributed by atoms with E-state index in [2.05, 4.69) is 18.1 Å². The van der Waals surface area contributed by atoms with Gasteiger partial charge in [0.2, 0.25) is 16.7 Å². The lowest BCUT2D eigenvalue weighted by atomic mass is 9.98. The number of phosphoric ester groups is 1. The van der Waals surface area contributed by atoms with Gasteiger partial charge in [0.15, 0.2) is 6.23 Å². The summed E-state index contributed by atoms with van der Waals surface area (Å²) < 4.78 is 51.2. The second-order valence-corrected chi connectivity index (χ2v) is 10.2. The van der Waals surface area contributed by atoms with Gasteiger partial charge in [0.25, 0.3) is 0 Å². The summed E-state index contributed by atoms with van der Waals surface area (Å²) in [6.07, 6.45) is 0.130. The molecule has 20 heteroatoms. The zero-order valence-electron chi connectivity index (χ0n) is 14.2.